The van der Waals surface area contributed by atoms with Gasteiger partial charge in [-0.05, 0) is 35.3 Å². The number of hydrogen-bond acceptors (Lipinski definition) is 6. The molecule has 0 aliphatic heterocycles. The molecule has 6 heteroatoms. The fourth-order valence-corrected chi connectivity index (χ4v) is 7.77. The van der Waals surface area contributed by atoms with Crippen molar-refractivity contribution in [1.29, 1.82) is 0 Å². The maximum absolute atomic E-state index is 9.96. The minimum Gasteiger partial charge on any atom is -0.456 e. The van der Waals surface area contributed by atoms with E-state index >= 15 is 0 Å². The van der Waals surface area contributed by atoms with Gasteiger partial charge in [0.1, 0.15) is 22.3 Å². The second-order valence-corrected chi connectivity index (χ2v) is 13.1. The van der Waals surface area contributed by atoms with E-state index in [2.05, 4.69) is 15.0 Å². The lowest BCUT2D eigenvalue weighted by Crippen LogP contribution is -2.00. The second-order valence-electron chi connectivity index (χ2n) is 12.1. The van der Waals surface area contributed by atoms with Crippen molar-refractivity contribution >= 4 is 75.4 Å². The fraction of sp³-hybridized carbons (Fsp3) is 0. The highest BCUT2D eigenvalue weighted by Crippen LogP contribution is 2.49. The Bertz CT molecular complexity index is 5100. The Labute approximate surface area is 370 Å². The van der Waals surface area contributed by atoms with Crippen LogP contribution in [0.3, 0.4) is 0 Å². The molecule has 4 heterocycles. The van der Waals surface area contributed by atoms with Gasteiger partial charge in [0.05, 0.1) is 39.8 Å². The van der Waals surface area contributed by atoms with Crippen LogP contribution in [0, 0.1) is 0 Å². The van der Waals surface area contributed by atoms with Crippen LogP contribution in [-0.4, -0.2) is 15.0 Å². The van der Waals surface area contributed by atoms with Gasteiger partial charge in [-0.15, -0.1) is 11.3 Å². The Hall–Kier alpha value is -7.41. The van der Waals surface area contributed by atoms with Crippen LogP contribution >= 0.6 is 11.3 Å². The third kappa shape index (κ3) is 4.98. The average Bonchev–Trinajstić information content (AvgIpc) is 1.95. The molecule has 0 N–H and O–H groups in total. The van der Waals surface area contributed by atoms with Gasteiger partial charge in [-0.25, -0.2) is 15.0 Å². The highest BCUT2D eigenvalue weighted by Gasteiger charge is 2.23. The van der Waals surface area contributed by atoms with Crippen molar-refractivity contribution in [3.8, 4) is 56.4 Å². The molecule has 0 radical (unpaired) electrons. The molecule has 0 atom stereocenters. The topological polar surface area (TPSA) is 65.0 Å². The maximum atomic E-state index is 9.96. The molecule has 0 amide bonds. The smallest absolute Gasteiger partial charge is 0.164 e. The van der Waals surface area contributed by atoms with Crippen molar-refractivity contribution in [2.45, 2.75) is 0 Å². The monoisotopic (exact) mass is 776 g/mol. The summed E-state index contributed by atoms with van der Waals surface area (Å²) in [5, 5.41) is -2.73. The van der Waals surface area contributed by atoms with Crippen molar-refractivity contribution < 1.29 is 48.6 Å². The van der Waals surface area contributed by atoms with Crippen LogP contribution in [0.25, 0.3) is 120 Å². The minimum absolute atomic E-state index is 0.257. The van der Waals surface area contributed by atoms with E-state index in [4.69, 9.17) is 36.2 Å². The van der Waals surface area contributed by atoms with Gasteiger partial charge in [0, 0.05) is 69.5 Å². The number of para-hydroxylation sites is 2. The molecule has 12 aromatic rings. The summed E-state index contributed by atoms with van der Waals surface area (Å²) in [5.41, 5.74) is -6.91. The standard InChI is InChI=1S/C51H29N3O2S/c1-3-14-30(15-4-1)49-52-50(31-16-5-2-6-17-31)54-51(53-49)39-23-13-26-42-45(39)38-22-11-21-34(47(38)56-42)35-29-28-33(46-37-19-8-10-27-43(37)57-48(35)46)32-20-12-25-41-44(32)36-18-7-9-24-40(36)55-41/h1-29H/i1D,2D,3D,4D,5D,6D,7D,8D,9D,10D,11D,12D,13D,14D,15D,16D,17D,18D,19D,20D,21D,22D,23D,24D,25D,26D,27D,28D,29D. The average molecular weight is 777 g/mol. The zero-order valence-electron chi connectivity index (χ0n) is 57.1. The van der Waals surface area contributed by atoms with E-state index < -0.39 is 276 Å². The predicted octanol–water partition coefficient (Wildman–Crippen LogP) is 14.4. The third-order valence-electron chi connectivity index (χ3n) is 9.00. The van der Waals surface area contributed by atoms with E-state index in [0.717, 1.165) is 0 Å². The summed E-state index contributed by atoms with van der Waals surface area (Å²) in [6.45, 7) is 0. The Morgan fingerprint density at radius 2 is 0.895 bits per heavy atom. The van der Waals surface area contributed by atoms with Gasteiger partial charge in [-0.3, -0.25) is 0 Å². The molecule has 0 fully saturated rings. The van der Waals surface area contributed by atoms with E-state index in [0.29, 0.717) is 11.3 Å². The van der Waals surface area contributed by atoms with Crippen LogP contribution in [0.1, 0.15) is 39.8 Å². The molecule has 0 aliphatic rings. The molecule has 5 nitrogen and oxygen atoms in total. The SMILES string of the molecule is [2H]c1c([2H])c([2H])c(-c2nc(-c3c([2H])c([2H])c([2H])c([2H])c3[2H])nc(-c3c([2H])c([2H])c([2H])c4oc5c(-c6c([2H])c([2H])c(-c7c([2H])c([2H])c([2H])c8oc9c([2H])c([2H])c([2H])c([2H])c9c78)c7c6sc6c([2H])c([2H])c([2H])c([2H])c67)c([2H])c([2H])c([2H])c5c34)n2)c([2H])c1[2H]. The molecule has 8 aromatic carbocycles. The lowest BCUT2D eigenvalue weighted by atomic mass is 9.92. The molecule has 12 rings (SSSR count). The van der Waals surface area contributed by atoms with Gasteiger partial charge in [0.15, 0.2) is 17.5 Å². The largest absolute Gasteiger partial charge is 0.456 e. The van der Waals surface area contributed by atoms with E-state index in [1.165, 1.54) is 0 Å². The van der Waals surface area contributed by atoms with Crippen molar-refractivity contribution in [2.24, 2.45) is 0 Å². The van der Waals surface area contributed by atoms with Crippen molar-refractivity contribution in [2.75, 3.05) is 0 Å². The van der Waals surface area contributed by atoms with Gasteiger partial charge in [0.25, 0.3) is 0 Å². The number of furan rings is 2. The van der Waals surface area contributed by atoms with Gasteiger partial charge in [-0.2, -0.15) is 0 Å². The molecule has 0 saturated carbocycles. The first-order chi connectivity index (χ1) is 40.3. The molecule has 0 aliphatic carbocycles. The molecular formula is C51H29N3O2S. The lowest BCUT2D eigenvalue weighted by Gasteiger charge is -2.11. The molecule has 57 heavy (non-hydrogen) atoms. The third-order valence-corrected chi connectivity index (χ3v) is 10.1. The van der Waals surface area contributed by atoms with Crippen molar-refractivity contribution in [3.63, 3.8) is 0 Å². The Kier molecular flexibility index (Phi) is 3.22. The number of hydrogen-bond donors (Lipinski definition) is 0. The molecule has 4 aromatic heterocycles. The van der Waals surface area contributed by atoms with Gasteiger partial charge >= 0.3 is 0 Å². The zero-order chi connectivity index (χ0) is 62.7. The number of thiophene rings is 1. The van der Waals surface area contributed by atoms with Crippen LogP contribution in [0.5, 0.6) is 0 Å². The summed E-state index contributed by atoms with van der Waals surface area (Å²) in [5.74, 6) is -2.45. The van der Waals surface area contributed by atoms with Gasteiger partial charge in [-0.1, -0.05) is 151 Å². The first-order valence-corrected chi connectivity index (χ1v) is 17.4. The van der Waals surface area contributed by atoms with Gasteiger partial charge in [0.2, 0.25) is 0 Å². The minimum atomic E-state index is -0.975. The first-order valence-electron chi connectivity index (χ1n) is 31.1. The normalized spacial score (nSPS) is 19.0. The molecular weight excluding hydrogens is 719 g/mol. The van der Waals surface area contributed by atoms with Crippen LogP contribution in [0.15, 0.2) is 184 Å². The predicted molar refractivity (Wildman–Crippen MR) is 234 cm³/mol. The quantitative estimate of drug-likeness (QED) is 0.174. The number of rotatable bonds is 5. The Morgan fingerprint density at radius 3 is 1.67 bits per heavy atom. The summed E-state index contributed by atoms with van der Waals surface area (Å²) in [7, 11) is 0. The number of nitrogens with zero attached hydrogens (tertiary/aromatic N) is 3. The zero-order valence-corrected chi connectivity index (χ0v) is 28.9. The van der Waals surface area contributed by atoms with Crippen LogP contribution in [-0.2, 0) is 0 Å². The van der Waals surface area contributed by atoms with Crippen LogP contribution in [0.4, 0.5) is 0 Å². The van der Waals surface area contributed by atoms with Gasteiger partial charge < -0.3 is 8.83 Å². The Morgan fingerprint density at radius 1 is 0.368 bits per heavy atom. The highest BCUT2D eigenvalue weighted by atomic mass is 32.1. The van der Waals surface area contributed by atoms with E-state index in [-0.39, 0.29) is 20.2 Å². The molecule has 0 unspecified atom stereocenters. The van der Waals surface area contributed by atoms with Crippen LogP contribution in [0.2, 0.25) is 0 Å². The Balaban J connectivity index is 1.28. The first kappa shape index (κ1) is 14.6. The number of benzene rings is 8. The van der Waals surface area contributed by atoms with Crippen molar-refractivity contribution in [1.82, 2.24) is 15.0 Å². The molecule has 0 bridgehead atoms. The second kappa shape index (κ2) is 12.6. The number of aromatic nitrogens is 3. The summed E-state index contributed by atoms with van der Waals surface area (Å²) in [4.78, 5) is 13.1. The molecule has 0 saturated heterocycles. The van der Waals surface area contributed by atoms with Crippen molar-refractivity contribution in [3.05, 3.63) is 175 Å². The van der Waals surface area contributed by atoms with Crippen LogP contribution < -0.4 is 0 Å². The molecule has 0 spiro atoms. The molecule has 266 valence electrons. The maximum Gasteiger partial charge on any atom is 0.164 e. The van der Waals surface area contributed by atoms with E-state index in [1.54, 1.807) is 0 Å². The fourth-order valence-electron chi connectivity index (χ4n) is 6.65. The number of fused-ring (bicyclic) bond motifs is 9. The summed E-state index contributed by atoms with van der Waals surface area (Å²) in [6.07, 6.45) is 0. The highest BCUT2D eigenvalue weighted by molar-refractivity contribution is 7.26. The van der Waals surface area contributed by atoms with E-state index in [9.17, 15) is 12.3 Å². The van der Waals surface area contributed by atoms with E-state index in [1.807, 2.05) is 0 Å². The summed E-state index contributed by atoms with van der Waals surface area (Å²) >= 11 is 0.564. The lowest BCUT2D eigenvalue weighted by molar-refractivity contribution is 0.669. The summed E-state index contributed by atoms with van der Waals surface area (Å²) in [6, 6.07) is -24.8. The summed E-state index contributed by atoms with van der Waals surface area (Å²) < 4.78 is 271.